The van der Waals surface area contributed by atoms with Gasteiger partial charge in [-0.1, -0.05) is 22.9 Å². The Bertz CT molecular complexity index is 430. The van der Waals surface area contributed by atoms with Crippen molar-refractivity contribution < 1.29 is 13.9 Å². The first kappa shape index (κ1) is 14.8. The standard InChI is InChI=1S/C14H19BrFNO2/c1-3-17-11-8-13(14(11)18-4-2)19-12-6-5-9(15)7-10(12)16/h5-7,11,13-14,17H,3-4,8H2,1-2H3. The minimum absolute atomic E-state index is 0.00648. The number of nitrogens with one attached hydrogen (secondary N) is 1. The molecule has 3 nitrogen and oxygen atoms in total. The fourth-order valence-corrected chi connectivity index (χ4v) is 2.64. The summed E-state index contributed by atoms with van der Waals surface area (Å²) < 4.78 is 25.8. The Balaban J connectivity index is 1.98. The normalized spacial score (nSPS) is 26.0. The minimum Gasteiger partial charge on any atom is -0.485 e. The van der Waals surface area contributed by atoms with Crippen molar-refractivity contribution in [3.05, 3.63) is 28.5 Å². The largest absolute Gasteiger partial charge is 0.485 e. The van der Waals surface area contributed by atoms with Crippen molar-refractivity contribution in [3.8, 4) is 5.75 Å². The fourth-order valence-electron chi connectivity index (χ4n) is 2.31. The molecule has 1 saturated carbocycles. The second-order valence-electron chi connectivity index (χ2n) is 4.55. The van der Waals surface area contributed by atoms with Crippen LogP contribution < -0.4 is 10.1 Å². The average Bonchev–Trinajstić information content (AvgIpc) is 2.37. The molecule has 0 spiro atoms. The van der Waals surface area contributed by atoms with E-state index >= 15 is 0 Å². The zero-order chi connectivity index (χ0) is 13.8. The van der Waals surface area contributed by atoms with E-state index in [0.717, 1.165) is 13.0 Å². The molecule has 2 rings (SSSR count). The summed E-state index contributed by atoms with van der Waals surface area (Å²) >= 11 is 3.23. The van der Waals surface area contributed by atoms with Gasteiger partial charge in [0.1, 0.15) is 12.2 Å². The van der Waals surface area contributed by atoms with Gasteiger partial charge in [-0.25, -0.2) is 4.39 Å². The third-order valence-corrected chi connectivity index (χ3v) is 3.74. The van der Waals surface area contributed by atoms with Gasteiger partial charge < -0.3 is 14.8 Å². The highest BCUT2D eigenvalue weighted by Gasteiger charge is 2.43. The molecule has 1 N–H and O–H groups in total. The molecule has 0 amide bonds. The first-order chi connectivity index (χ1) is 9.15. The third-order valence-electron chi connectivity index (χ3n) is 3.25. The van der Waals surface area contributed by atoms with Crippen LogP contribution in [0.1, 0.15) is 20.3 Å². The number of likely N-dealkylation sites (N-methyl/N-ethyl adjacent to an activating group) is 1. The lowest BCUT2D eigenvalue weighted by Gasteiger charge is -2.44. The van der Waals surface area contributed by atoms with E-state index in [2.05, 4.69) is 28.2 Å². The van der Waals surface area contributed by atoms with Gasteiger partial charge in [-0.15, -0.1) is 0 Å². The van der Waals surface area contributed by atoms with Crippen molar-refractivity contribution in [2.75, 3.05) is 13.2 Å². The second kappa shape index (κ2) is 6.68. The molecule has 1 aromatic rings. The van der Waals surface area contributed by atoms with Crippen LogP contribution in [-0.4, -0.2) is 31.4 Å². The Morgan fingerprint density at radius 2 is 2.21 bits per heavy atom. The lowest BCUT2D eigenvalue weighted by atomic mass is 9.85. The van der Waals surface area contributed by atoms with Gasteiger partial charge in [0.2, 0.25) is 0 Å². The Kier molecular flexibility index (Phi) is 5.19. The highest BCUT2D eigenvalue weighted by atomic mass is 79.9. The van der Waals surface area contributed by atoms with E-state index in [1.807, 2.05) is 6.92 Å². The van der Waals surface area contributed by atoms with E-state index in [1.54, 1.807) is 12.1 Å². The average molecular weight is 332 g/mol. The molecule has 0 bridgehead atoms. The summed E-state index contributed by atoms with van der Waals surface area (Å²) in [5.41, 5.74) is 0. The van der Waals surface area contributed by atoms with Gasteiger partial charge in [0.05, 0.1) is 0 Å². The number of benzene rings is 1. The quantitative estimate of drug-likeness (QED) is 0.868. The number of rotatable bonds is 6. The predicted molar refractivity (Wildman–Crippen MR) is 76.0 cm³/mol. The molecular formula is C14H19BrFNO2. The molecule has 1 aliphatic rings. The van der Waals surface area contributed by atoms with Gasteiger partial charge in [0.25, 0.3) is 0 Å². The van der Waals surface area contributed by atoms with Crippen LogP contribution in [0.4, 0.5) is 4.39 Å². The molecule has 106 valence electrons. The summed E-state index contributed by atoms with van der Waals surface area (Å²) in [4.78, 5) is 0. The minimum atomic E-state index is -0.350. The van der Waals surface area contributed by atoms with Gasteiger partial charge in [-0.3, -0.25) is 0 Å². The van der Waals surface area contributed by atoms with Crippen LogP contribution in [0.25, 0.3) is 0 Å². The molecule has 1 aliphatic carbocycles. The summed E-state index contributed by atoms with van der Waals surface area (Å²) in [7, 11) is 0. The number of hydrogen-bond donors (Lipinski definition) is 1. The van der Waals surface area contributed by atoms with Crippen molar-refractivity contribution in [2.45, 2.75) is 38.5 Å². The summed E-state index contributed by atoms with van der Waals surface area (Å²) in [5, 5.41) is 3.35. The molecule has 3 unspecified atom stereocenters. The van der Waals surface area contributed by atoms with Gasteiger partial charge in [-0.2, -0.15) is 0 Å². The van der Waals surface area contributed by atoms with E-state index in [4.69, 9.17) is 9.47 Å². The molecule has 19 heavy (non-hydrogen) atoms. The van der Waals surface area contributed by atoms with E-state index < -0.39 is 0 Å². The molecule has 1 fully saturated rings. The molecule has 0 saturated heterocycles. The van der Waals surface area contributed by atoms with E-state index in [-0.39, 0.29) is 23.8 Å². The smallest absolute Gasteiger partial charge is 0.166 e. The lowest BCUT2D eigenvalue weighted by molar-refractivity contribution is -0.105. The summed E-state index contributed by atoms with van der Waals surface area (Å²) in [6.45, 7) is 5.55. The zero-order valence-electron chi connectivity index (χ0n) is 11.2. The number of halogens is 2. The van der Waals surface area contributed by atoms with E-state index in [9.17, 15) is 4.39 Å². The van der Waals surface area contributed by atoms with Gasteiger partial charge in [0, 0.05) is 23.5 Å². The van der Waals surface area contributed by atoms with Crippen LogP contribution in [0.3, 0.4) is 0 Å². The van der Waals surface area contributed by atoms with Crippen molar-refractivity contribution >= 4 is 15.9 Å². The lowest BCUT2D eigenvalue weighted by Crippen LogP contribution is -2.61. The Hall–Kier alpha value is -0.650. The van der Waals surface area contributed by atoms with Crippen LogP contribution in [-0.2, 0) is 4.74 Å². The fraction of sp³-hybridized carbons (Fsp3) is 0.571. The van der Waals surface area contributed by atoms with Crippen molar-refractivity contribution in [1.29, 1.82) is 0 Å². The monoisotopic (exact) mass is 331 g/mol. The highest BCUT2D eigenvalue weighted by Crippen LogP contribution is 2.31. The van der Waals surface area contributed by atoms with Gasteiger partial charge in [-0.05, 0) is 31.7 Å². The Morgan fingerprint density at radius 3 is 2.84 bits per heavy atom. The van der Waals surface area contributed by atoms with Crippen molar-refractivity contribution in [3.63, 3.8) is 0 Å². The van der Waals surface area contributed by atoms with Crippen molar-refractivity contribution in [2.24, 2.45) is 0 Å². The van der Waals surface area contributed by atoms with Crippen molar-refractivity contribution in [1.82, 2.24) is 5.32 Å². The zero-order valence-corrected chi connectivity index (χ0v) is 12.7. The topological polar surface area (TPSA) is 30.5 Å². The molecular weight excluding hydrogens is 313 g/mol. The van der Waals surface area contributed by atoms with E-state index in [0.29, 0.717) is 17.1 Å². The van der Waals surface area contributed by atoms with E-state index in [1.165, 1.54) is 6.07 Å². The number of hydrogen-bond acceptors (Lipinski definition) is 3. The predicted octanol–water partition coefficient (Wildman–Crippen LogP) is 3.12. The third kappa shape index (κ3) is 3.46. The Labute approximate surface area is 121 Å². The number of ether oxygens (including phenoxy) is 2. The molecule has 5 heteroatoms. The molecule has 1 aromatic carbocycles. The van der Waals surface area contributed by atoms with Crippen LogP contribution >= 0.6 is 15.9 Å². The van der Waals surface area contributed by atoms with Crippen LogP contribution in [0.15, 0.2) is 22.7 Å². The highest BCUT2D eigenvalue weighted by molar-refractivity contribution is 9.10. The first-order valence-corrected chi connectivity index (χ1v) is 7.41. The molecule has 0 aliphatic heterocycles. The maximum absolute atomic E-state index is 13.7. The molecule has 3 atom stereocenters. The van der Waals surface area contributed by atoms with Crippen LogP contribution in [0, 0.1) is 5.82 Å². The first-order valence-electron chi connectivity index (χ1n) is 6.62. The molecule has 0 heterocycles. The SMILES string of the molecule is CCNC1CC(Oc2ccc(Br)cc2F)C1OCC. The summed E-state index contributed by atoms with van der Waals surface area (Å²) in [6.07, 6.45) is 0.751. The maximum atomic E-state index is 13.7. The van der Waals surface area contributed by atoms with Crippen LogP contribution in [0.2, 0.25) is 0 Å². The summed E-state index contributed by atoms with van der Waals surface area (Å²) in [6, 6.07) is 5.12. The second-order valence-corrected chi connectivity index (χ2v) is 5.47. The maximum Gasteiger partial charge on any atom is 0.166 e. The Morgan fingerprint density at radius 1 is 1.42 bits per heavy atom. The van der Waals surface area contributed by atoms with Gasteiger partial charge in [0.15, 0.2) is 11.6 Å². The van der Waals surface area contributed by atoms with Gasteiger partial charge >= 0.3 is 0 Å². The molecule has 0 aromatic heterocycles. The van der Waals surface area contributed by atoms with Crippen LogP contribution in [0.5, 0.6) is 5.75 Å². The summed E-state index contributed by atoms with van der Waals surface area (Å²) in [5.74, 6) is -0.0654. The molecule has 0 radical (unpaired) electrons.